The Bertz CT molecular complexity index is 891. The van der Waals surface area contributed by atoms with Crippen molar-refractivity contribution in [2.75, 3.05) is 33.8 Å². The van der Waals surface area contributed by atoms with E-state index in [0.29, 0.717) is 34.7 Å². The SMILES string of the molecule is COc1ccccc1OCc1ccc(-c2nc(C3CNCCN3C)no2)o1. The first-order valence-electron chi connectivity index (χ1n) is 8.84. The number of nitrogens with one attached hydrogen (secondary N) is 1. The Morgan fingerprint density at radius 2 is 2.07 bits per heavy atom. The van der Waals surface area contributed by atoms with Crippen molar-refractivity contribution in [3.05, 3.63) is 48.0 Å². The summed E-state index contributed by atoms with van der Waals surface area (Å²) in [6.07, 6.45) is 0. The quantitative estimate of drug-likeness (QED) is 0.708. The Morgan fingerprint density at radius 1 is 1.22 bits per heavy atom. The second-order valence-corrected chi connectivity index (χ2v) is 6.36. The van der Waals surface area contributed by atoms with Crippen LogP contribution in [0.5, 0.6) is 11.5 Å². The molecule has 27 heavy (non-hydrogen) atoms. The predicted octanol–water partition coefficient (Wildman–Crippen LogP) is 2.49. The van der Waals surface area contributed by atoms with Crippen LogP contribution in [0.15, 0.2) is 45.3 Å². The van der Waals surface area contributed by atoms with Gasteiger partial charge >= 0.3 is 0 Å². The van der Waals surface area contributed by atoms with Crippen LogP contribution in [0.3, 0.4) is 0 Å². The van der Waals surface area contributed by atoms with Crippen molar-refractivity contribution in [1.29, 1.82) is 0 Å². The molecule has 1 aliphatic heterocycles. The molecule has 0 radical (unpaired) electrons. The molecule has 0 spiro atoms. The van der Waals surface area contributed by atoms with Crippen molar-refractivity contribution in [2.45, 2.75) is 12.6 Å². The minimum absolute atomic E-state index is 0.0968. The first-order chi connectivity index (χ1) is 13.2. The number of hydrogen-bond acceptors (Lipinski definition) is 8. The fraction of sp³-hybridized carbons (Fsp3) is 0.368. The number of hydrogen-bond donors (Lipinski definition) is 1. The van der Waals surface area contributed by atoms with E-state index in [2.05, 4.69) is 27.4 Å². The first kappa shape index (κ1) is 17.6. The number of methoxy groups -OCH3 is 1. The number of ether oxygens (including phenoxy) is 2. The average molecular weight is 370 g/mol. The molecule has 8 heteroatoms. The molecule has 0 aliphatic carbocycles. The molecule has 4 rings (SSSR count). The number of nitrogens with zero attached hydrogens (tertiary/aromatic N) is 3. The zero-order valence-corrected chi connectivity index (χ0v) is 15.3. The van der Waals surface area contributed by atoms with Gasteiger partial charge in [-0.05, 0) is 31.3 Å². The maximum Gasteiger partial charge on any atom is 0.293 e. The normalized spacial score (nSPS) is 17.8. The molecule has 1 N–H and O–H groups in total. The van der Waals surface area contributed by atoms with E-state index in [-0.39, 0.29) is 12.6 Å². The lowest BCUT2D eigenvalue weighted by Crippen LogP contribution is -2.44. The summed E-state index contributed by atoms with van der Waals surface area (Å²) in [5.74, 6) is 3.54. The molecule has 8 nitrogen and oxygen atoms in total. The second kappa shape index (κ2) is 7.81. The van der Waals surface area contributed by atoms with E-state index in [1.807, 2.05) is 30.3 Å². The molecule has 0 amide bonds. The second-order valence-electron chi connectivity index (χ2n) is 6.36. The predicted molar refractivity (Wildman–Crippen MR) is 97.6 cm³/mol. The summed E-state index contributed by atoms with van der Waals surface area (Å²) in [7, 11) is 3.67. The van der Waals surface area contributed by atoms with E-state index in [9.17, 15) is 0 Å². The number of aromatic nitrogens is 2. The van der Waals surface area contributed by atoms with Crippen LogP contribution in [0.2, 0.25) is 0 Å². The lowest BCUT2D eigenvalue weighted by atomic mass is 10.2. The van der Waals surface area contributed by atoms with Gasteiger partial charge in [0.1, 0.15) is 12.4 Å². The Morgan fingerprint density at radius 3 is 2.89 bits per heavy atom. The summed E-state index contributed by atoms with van der Waals surface area (Å²) in [5, 5.41) is 7.46. The maximum atomic E-state index is 5.80. The monoisotopic (exact) mass is 370 g/mol. The van der Waals surface area contributed by atoms with E-state index < -0.39 is 0 Å². The third kappa shape index (κ3) is 3.81. The lowest BCUT2D eigenvalue weighted by Gasteiger charge is -2.30. The summed E-state index contributed by atoms with van der Waals surface area (Å²) < 4.78 is 22.3. The summed E-state index contributed by atoms with van der Waals surface area (Å²) in [6.45, 7) is 2.98. The Hall–Kier alpha value is -2.84. The molecule has 1 aliphatic rings. The fourth-order valence-electron chi connectivity index (χ4n) is 3.02. The van der Waals surface area contributed by atoms with Gasteiger partial charge in [-0.2, -0.15) is 4.98 Å². The van der Waals surface area contributed by atoms with Crippen LogP contribution in [0.1, 0.15) is 17.6 Å². The number of likely N-dealkylation sites (N-methyl/N-ethyl adjacent to an activating group) is 1. The van der Waals surface area contributed by atoms with E-state index in [1.54, 1.807) is 13.2 Å². The highest BCUT2D eigenvalue weighted by atomic mass is 16.5. The summed E-state index contributed by atoms with van der Waals surface area (Å²) in [6, 6.07) is 11.2. The van der Waals surface area contributed by atoms with Crippen molar-refractivity contribution >= 4 is 0 Å². The topological polar surface area (TPSA) is 85.8 Å². The van der Waals surface area contributed by atoms with Crippen molar-refractivity contribution in [1.82, 2.24) is 20.4 Å². The number of rotatable bonds is 6. The van der Waals surface area contributed by atoms with Crippen LogP contribution in [-0.4, -0.2) is 48.8 Å². The van der Waals surface area contributed by atoms with Gasteiger partial charge in [-0.3, -0.25) is 4.90 Å². The largest absolute Gasteiger partial charge is 0.493 e. The van der Waals surface area contributed by atoms with Crippen molar-refractivity contribution in [2.24, 2.45) is 0 Å². The van der Waals surface area contributed by atoms with Crippen LogP contribution in [0, 0.1) is 0 Å². The van der Waals surface area contributed by atoms with Gasteiger partial charge in [0.05, 0.1) is 13.2 Å². The van der Waals surface area contributed by atoms with Gasteiger partial charge in [0.15, 0.2) is 23.1 Å². The van der Waals surface area contributed by atoms with Crippen molar-refractivity contribution in [3.63, 3.8) is 0 Å². The molecule has 1 fully saturated rings. The Balaban J connectivity index is 1.43. The van der Waals surface area contributed by atoms with Crippen LogP contribution in [-0.2, 0) is 6.61 Å². The van der Waals surface area contributed by atoms with Gasteiger partial charge in [0, 0.05) is 19.6 Å². The number of furan rings is 1. The number of benzene rings is 1. The van der Waals surface area contributed by atoms with Crippen LogP contribution < -0.4 is 14.8 Å². The number of piperazine rings is 1. The molecule has 142 valence electrons. The molecule has 1 atom stereocenters. The van der Waals surface area contributed by atoms with E-state index in [0.717, 1.165) is 19.6 Å². The van der Waals surface area contributed by atoms with Crippen LogP contribution >= 0.6 is 0 Å². The Kier molecular flexibility index (Phi) is 5.08. The molecule has 3 heterocycles. The molecule has 0 saturated carbocycles. The van der Waals surface area contributed by atoms with E-state index >= 15 is 0 Å². The standard InChI is InChI=1S/C19H22N4O4/c1-23-10-9-20-11-14(23)18-21-19(27-22-18)17-8-7-13(26-17)12-25-16-6-4-3-5-15(16)24-2/h3-8,14,20H,9-12H2,1-2H3. The highest BCUT2D eigenvalue weighted by Gasteiger charge is 2.26. The lowest BCUT2D eigenvalue weighted by molar-refractivity contribution is 0.190. The van der Waals surface area contributed by atoms with Crippen molar-refractivity contribution in [3.8, 4) is 23.1 Å². The maximum absolute atomic E-state index is 5.80. The van der Waals surface area contributed by atoms with Gasteiger partial charge in [-0.15, -0.1) is 0 Å². The highest BCUT2D eigenvalue weighted by Crippen LogP contribution is 2.28. The molecular formula is C19H22N4O4. The molecular weight excluding hydrogens is 348 g/mol. The minimum atomic E-state index is 0.0968. The van der Waals surface area contributed by atoms with Gasteiger partial charge in [-0.1, -0.05) is 17.3 Å². The van der Waals surface area contributed by atoms with E-state index in [1.165, 1.54) is 0 Å². The molecule has 1 aromatic carbocycles. The minimum Gasteiger partial charge on any atom is -0.493 e. The molecule has 1 saturated heterocycles. The average Bonchev–Trinajstić information content (AvgIpc) is 3.36. The first-order valence-corrected chi connectivity index (χ1v) is 8.84. The smallest absolute Gasteiger partial charge is 0.293 e. The van der Waals surface area contributed by atoms with Gasteiger partial charge < -0.3 is 23.7 Å². The summed E-state index contributed by atoms with van der Waals surface area (Å²) in [5.41, 5.74) is 0. The molecule has 2 aromatic heterocycles. The molecule has 3 aromatic rings. The van der Waals surface area contributed by atoms with Gasteiger partial charge in [-0.25, -0.2) is 0 Å². The van der Waals surface area contributed by atoms with Gasteiger partial charge in [0.25, 0.3) is 5.89 Å². The Labute approximate surface area is 157 Å². The van der Waals surface area contributed by atoms with E-state index in [4.69, 9.17) is 18.4 Å². The molecule has 1 unspecified atom stereocenters. The summed E-state index contributed by atoms with van der Waals surface area (Å²) in [4.78, 5) is 6.71. The van der Waals surface area contributed by atoms with Crippen LogP contribution in [0.4, 0.5) is 0 Å². The summed E-state index contributed by atoms with van der Waals surface area (Å²) >= 11 is 0. The third-order valence-electron chi connectivity index (χ3n) is 4.56. The van der Waals surface area contributed by atoms with Gasteiger partial charge in [0.2, 0.25) is 0 Å². The van der Waals surface area contributed by atoms with Crippen molar-refractivity contribution < 1.29 is 18.4 Å². The van der Waals surface area contributed by atoms with Crippen LogP contribution in [0.25, 0.3) is 11.7 Å². The fourth-order valence-corrected chi connectivity index (χ4v) is 3.02. The molecule has 0 bridgehead atoms. The highest BCUT2D eigenvalue weighted by molar-refractivity contribution is 5.44. The zero-order chi connectivity index (χ0) is 18.6. The zero-order valence-electron chi connectivity index (χ0n) is 15.3. The third-order valence-corrected chi connectivity index (χ3v) is 4.56. The number of para-hydroxylation sites is 2.